The number of carbonyl (C=O) groups excluding carboxylic acids is 2. The molecule has 0 saturated carbocycles. The Hall–Kier alpha value is -3.35. The lowest BCUT2D eigenvalue weighted by Gasteiger charge is -2.31. The molecule has 0 bridgehead atoms. The van der Waals surface area contributed by atoms with E-state index in [-0.39, 0.29) is 24.5 Å². The molecule has 0 aliphatic rings. The van der Waals surface area contributed by atoms with E-state index in [1.54, 1.807) is 29.2 Å². The Labute approximate surface area is 206 Å². The zero-order valence-electron chi connectivity index (χ0n) is 19.9. The number of nitrogens with zero attached hydrogens (tertiary/aromatic N) is 2. The summed E-state index contributed by atoms with van der Waals surface area (Å²) < 4.78 is 5.15. The maximum absolute atomic E-state index is 13.0. The number of rotatable bonds is 9. The zero-order valence-corrected chi connectivity index (χ0v) is 20.7. The van der Waals surface area contributed by atoms with E-state index in [1.165, 1.54) is 7.11 Å². The van der Waals surface area contributed by atoms with Gasteiger partial charge in [0.1, 0.15) is 6.61 Å². The molecular formula is C27H30ClN3O3. The highest BCUT2D eigenvalue weighted by molar-refractivity contribution is 6.34. The molecule has 0 aliphatic heterocycles. The van der Waals surface area contributed by atoms with Gasteiger partial charge in [0, 0.05) is 39.1 Å². The van der Waals surface area contributed by atoms with Crippen molar-refractivity contribution in [3.8, 4) is 0 Å². The Morgan fingerprint density at radius 1 is 1.00 bits per heavy atom. The van der Waals surface area contributed by atoms with Gasteiger partial charge in [-0.1, -0.05) is 54.1 Å². The second-order valence-corrected chi connectivity index (χ2v) is 8.62. The fourth-order valence-corrected chi connectivity index (χ4v) is 4.03. The molecule has 0 fully saturated rings. The number of amides is 2. The monoisotopic (exact) mass is 479 g/mol. The first-order chi connectivity index (χ1) is 16.3. The zero-order chi connectivity index (χ0) is 24.7. The highest BCUT2D eigenvalue weighted by Crippen LogP contribution is 2.29. The highest BCUT2D eigenvalue weighted by atomic mass is 35.5. The SMILES string of the molecule is COCC(=O)N(Cc1cc(NC(=O)c2ccccc2Cl)ccc1N(C)C)[C@@H](C)c1ccccc1. The van der Waals surface area contributed by atoms with Crippen LogP contribution in [0.2, 0.25) is 5.02 Å². The molecule has 0 heterocycles. The molecule has 0 aliphatic carbocycles. The molecule has 1 atom stereocenters. The Kier molecular flexibility index (Phi) is 8.68. The van der Waals surface area contributed by atoms with Gasteiger partial charge in [-0.2, -0.15) is 0 Å². The van der Waals surface area contributed by atoms with E-state index in [1.807, 2.05) is 74.4 Å². The summed E-state index contributed by atoms with van der Waals surface area (Å²) in [6, 6.07) is 22.3. The predicted octanol–water partition coefficient (Wildman–Crippen LogP) is 5.39. The van der Waals surface area contributed by atoms with Crippen molar-refractivity contribution in [3.63, 3.8) is 0 Å². The van der Waals surface area contributed by atoms with Crippen LogP contribution in [0.3, 0.4) is 0 Å². The first kappa shape index (κ1) is 25.3. The number of anilines is 2. The standard InChI is InChI=1S/C27H30ClN3O3/c1-19(20-10-6-5-7-11-20)31(26(32)18-34-4)17-21-16-22(14-15-25(21)30(2)3)29-27(33)23-12-8-9-13-24(23)28/h5-16,19H,17-18H2,1-4H3,(H,29,33)/t19-/m0/s1. The predicted molar refractivity (Wildman–Crippen MR) is 137 cm³/mol. The normalized spacial score (nSPS) is 11.6. The van der Waals surface area contributed by atoms with Crippen LogP contribution >= 0.6 is 11.6 Å². The van der Waals surface area contributed by atoms with Crippen molar-refractivity contribution in [2.75, 3.05) is 38.0 Å². The molecule has 34 heavy (non-hydrogen) atoms. The fourth-order valence-electron chi connectivity index (χ4n) is 3.81. The van der Waals surface area contributed by atoms with E-state index >= 15 is 0 Å². The number of carbonyl (C=O) groups is 2. The van der Waals surface area contributed by atoms with Crippen LogP contribution in [0.15, 0.2) is 72.8 Å². The van der Waals surface area contributed by atoms with Crippen molar-refractivity contribution in [3.05, 3.63) is 94.5 Å². The van der Waals surface area contributed by atoms with Crippen molar-refractivity contribution in [2.24, 2.45) is 0 Å². The largest absolute Gasteiger partial charge is 0.377 e. The highest BCUT2D eigenvalue weighted by Gasteiger charge is 2.23. The summed E-state index contributed by atoms with van der Waals surface area (Å²) in [5.41, 5.74) is 3.90. The van der Waals surface area contributed by atoms with Crippen LogP contribution in [0.4, 0.5) is 11.4 Å². The summed E-state index contributed by atoms with van der Waals surface area (Å²) in [6.07, 6.45) is 0. The molecule has 0 saturated heterocycles. The summed E-state index contributed by atoms with van der Waals surface area (Å²) in [6.45, 7) is 2.33. The molecule has 2 amide bonds. The third kappa shape index (κ3) is 6.16. The van der Waals surface area contributed by atoms with Gasteiger partial charge in [0.2, 0.25) is 5.91 Å². The van der Waals surface area contributed by atoms with Crippen molar-refractivity contribution < 1.29 is 14.3 Å². The molecular weight excluding hydrogens is 450 g/mol. The molecule has 7 heteroatoms. The van der Waals surface area contributed by atoms with Gasteiger partial charge in [0.15, 0.2) is 0 Å². The first-order valence-electron chi connectivity index (χ1n) is 11.0. The van der Waals surface area contributed by atoms with Crippen molar-refractivity contribution >= 4 is 34.8 Å². The fraction of sp³-hybridized carbons (Fsp3) is 0.259. The Balaban J connectivity index is 1.93. The first-order valence-corrected chi connectivity index (χ1v) is 11.4. The molecule has 3 rings (SSSR count). The maximum Gasteiger partial charge on any atom is 0.257 e. The van der Waals surface area contributed by atoms with Crippen LogP contribution in [-0.2, 0) is 16.1 Å². The molecule has 178 valence electrons. The number of methoxy groups -OCH3 is 1. The number of ether oxygens (including phenoxy) is 1. The summed E-state index contributed by atoms with van der Waals surface area (Å²) in [5, 5.41) is 3.31. The average molecular weight is 480 g/mol. The topological polar surface area (TPSA) is 61.9 Å². The van der Waals surface area contributed by atoms with Crippen LogP contribution < -0.4 is 10.2 Å². The average Bonchev–Trinajstić information content (AvgIpc) is 2.83. The molecule has 1 N–H and O–H groups in total. The van der Waals surface area contributed by atoms with Crippen LogP contribution in [0, 0.1) is 0 Å². The van der Waals surface area contributed by atoms with Gasteiger partial charge in [-0.15, -0.1) is 0 Å². The van der Waals surface area contributed by atoms with Gasteiger partial charge in [0.05, 0.1) is 16.6 Å². The van der Waals surface area contributed by atoms with Gasteiger partial charge in [-0.3, -0.25) is 9.59 Å². The van der Waals surface area contributed by atoms with Crippen molar-refractivity contribution in [2.45, 2.75) is 19.5 Å². The number of nitrogens with one attached hydrogen (secondary N) is 1. The van der Waals surface area contributed by atoms with E-state index in [0.717, 1.165) is 16.8 Å². The second-order valence-electron chi connectivity index (χ2n) is 8.21. The molecule has 0 radical (unpaired) electrons. The maximum atomic E-state index is 13.0. The Bertz CT molecular complexity index is 1130. The molecule has 3 aromatic rings. The van der Waals surface area contributed by atoms with E-state index in [2.05, 4.69) is 5.32 Å². The smallest absolute Gasteiger partial charge is 0.257 e. The van der Waals surface area contributed by atoms with E-state index in [0.29, 0.717) is 22.8 Å². The Morgan fingerprint density at radius 2 is 1.68 bits per heavy atom. The van der Waals surface area contributed by atoms with Crippen molar-refractivity contribution in [1.82, 2.24) is 4.90 Å². The third-order valence-electron chi connectivity index (χ3n) is 5.62. The minimum absolute atomic E-state index is 0.0165. The summed E-state index contributed by atoms with van der Waals surface area (Å²) in [4.78, 5) is 29.6. The number of hydrogen-bond acceptors (Lipinski definition) is 4. The Morgan fingerprint density at radius 3 is 2.32 bits per heavy atom. The van der Waals surface area contributed by atoms with Crippen LogP contribution in [0.1, 0.15) is 34.5 Å². The molecule has 3 aromatic carbocycles. The van der Waals surface area contributed by atoms with Crippen molar-refractivity contribution in [1.29, 1.82) is 0 Å². The lowest BCUT2D eigenvalue weighted by atomic mass is 10.0. The summed E-state index contributed by atoms with van der Waals surface area (Å²) in [7, 11) is 5.41. The van der Waals surface area contributed by atoms with Gasteiger partial charge in [0.25, 0.3) is 5.91 Å². The van der Waals surface area contributed by atoms with Crippen LogP contribution in [-0.4, -0.2) is 44.5 Å². The van der Waals surface area contributed by atoms with E-state index < -0.39 is 0 Å². The molecule has 0 aromatic heterocycles. The van der Waals surface area contributed by atoms with Gasteiger partial charge >= 0.3 is 0 Å². The van der Waals surface area contributed by atoms with Crippen LogP contribution in [0.5, 0.6) is 0 Å². The number of halogens is 1. The molecule has 6 nitrogen and oxygen atoms in total. The third-order valence-corrected chi connectivity index (χ3v) is 5.95. The minimum atomic E-state index is -0.292. The summed E-state index contributed by atoms with van der Waals surface area (Å²) >= 11 is 6.19. The quantitative estimate of drug-likeness (QED) is 0.446. The lowest BCUT2D eigenvalue weighted by Crippen LogP contribution is -2.36. The number of benzene rings is 3. The number of hydrogen-bond donors (Lipinski definition) is 1. The van der Waals surface area contributed by atoms with Gasteiger partial charge in [-0.05, 0) is 48.4 Å². The molecule has 0 unspecified atom stereocenters. The van der Waals surface area contributed by atoms with Gasteiger partial charge < -0.3 is 19.9 Å². The summed E-state index contributed by atoms with van der Waals surface area (Å²) in [5.74, 6) is -0.409. The second kappa shape index (κ2) is 11.7. The van der Waals surface area contributed by atoms with Gasteiger partial charge in [-0.25, -0.2) is 0 Å². The van der Waals surface area contributed by atoms with E-state index in [9.17, 15) is 9.59 Å². The van der Waals surface area contributed by atoms with E-state index in [4.69, 9.17) is 16.3 Å². The van der Waals surface area contributed by atoms with Crippen LogP contribution in [0.25, 0.3) is 0 Å². The lowest BCUT2D eigenvalue weighted by molar-refractivity contribution is -0.138. The minimum Gasteiger partial charge on any atom is -0.377 e. The molecule has 0 spiro atoms.